The second-order valence-electron chi connectivity index (χ2n) is 7.90. The Balaban J connectivity index is 2.26. The van der Waals surface area contributed by atoms with Crippen molar-refractivity contribution in [1.29, 1.82) is 0 Å². The van der Waals surface area contributed by atoms with E-state index in [9.17, 15) is 4.79 Å². The number of rotatable bonds is 13. The van der Waals surface area contributed by atoms with Gasteiger partial charge in [0.2, 0.25) is 16.9 Å². The van der Waals surface area contributed by atoms with Crippen LogP contribution in [-0.2, 0) is 0 Å². The van der Waals surface area contributed by atoms with Crippen molar-refractivity contribution in [2.75, 3.05) is 26.9 Å². The third-order valence-electron chi connectivity index (χ3n) is 5.36. The van der Waals surface area contributed by atoms with Gasteiger partial charge in [0.15, 0.2) is 22.7 Å². The zero-order chi connectivity index (χ0) is 23.8. The number of methoxy groups -OCH3 is 1. The van der Waals surface area contributed by atoms with Crippen LogP contribution in [0, 0.1) is 0 Å². The van der Waals surface area contributed by atoms with E-state index in [-0.39, 0.29) is 5.43 Å². The number of fused-ring (bicyclic) bond motifs is 2. The van der Waals surface area contributed by atoms with Crippen LogP contribution in [0.15, 0.2) is 31.9 Å². The summed E-state index contributed by atoms with van der Waals surface area (Å²) in [6.07, 6.45) is 5.67. The number of unbranched alkanes of at least 4 members (excludes halogenated alkanes) is 3. The van der Waals surface area contributed by atoms with Gasteiger partial charge in [-0.15, -0.1) is 0 Å². The molecule has 180 valence electrons. The molecule has 2 aromatic carbocycles. The van der Waals surface area contributed by atoms with E-state index in [0.29, 0.717) is 69.2 Å². The summed E-state index contributed by atoms with van der Waals surface area (Å²) in [5, 5.41) is 0.856. The van der Waals surface area contributed by atoms with Crippen molar-refractivity contribution in [3.05, 3.63) is 32.9 Å². The predicted octanol–water partition coefficient (Wildman–Crippen LogP) is 7.25. The highest BCUT2D eigenvalue weighted by Crippen LogP contribution is 2.44. The Morgan fingerprint density at radius 3 is 1.97 bits per heavy atom. The van der Waals surface area contributed by atoms with E-state index in [2.05, 4.69) is 36.7 Å². The molecule has 0 amide bonds. The highest BCUT2D eigenvalue weighted by Gasteiger charge is 2.23. The topological polar surface area (TPSA) is 67.1 Å². The lowest BCUT2D eigenvalue weighted by molar-refractivity contribution is 0.261. The van der Waals surface area contributed by atoms with Crippen LogP contribution in [0.25, 0.3) is 21.9 Å². The van der Waals surface area contributed by atoms with Gasteiger partial charge in [-0.3, -0.25) is 4.79 Å². The third kappa shape index (κ3) is 5.57. The van der Waals surface area contributed by atoms with Gasteiger partial charge in [0.05, 0.1) is 42.2 Å². The maximum atomic E-state index is 13.5. The van der Waals surface area contributed by atoms with Gasteiger partial charge in [-0.25, -0.2) is 0 Å². The minimum Gasteiger partial charge on any atom is -0.492 e. The first-order chi connectivity index (χ1) is 16.1. The van der Waals surface area contributed by atoms with Gasteiger partial charge < -0.3 is 23.4 Å². The highest BCUT2D eigenvalue weighted by molar-refractivity contribution is 9.10. The summed E-state index contributed by atoms with van der Waals surface area (Å²) < 4.78 is 30.7. The van der Waals surface area contributed by atoms with Crippen LogP contribution in [0.3, 0.4) is 0 Å². The molecule has 0 spiro atoms. The quantitative estimate of drug-likeness (QED) is 0.174. The number of hydrogen-bond acceptors (Lipinski definition) is 6. The Morgan fingerprint density at radius 2 is 1.36 bits per heavy atom. The predicted molar refractivity (Wildman–Crippen MR) is 135 cm³/mol. The Morgan fingerprint density at radius 1 is 0.788 bits per heavy atom. The number of ether oxygens (including phenoxy) is 4. The van der Waals surface area contributed by atoms with E-state index in [0.717, 1.165) is 38.5 Å². The number of benzene rings is 2. The molecule has 0 aliphatic rings. The zero-order valence-electron chi connectivity index (χ0n) is 19.9. The molecular weight excluding hydrogens is 488 g/mol. The molecule has 0 aliphatic carbocycles. The van der Waals surface area contributed by atoms with Crippen molar-refractivity contribution in [2.24, 2.45) is 0 Å². The van der Waals surface area contributed by atoms with Gasteiger partial charge in [0.25, 0.3) is 0 Å². The van der Waals surface area contributed by atoms with Crippen molar-refractivity contribution >= 4 is 37.9 Å². The van der Waals surface area contributed by atoms with Crippen LogP contribution in [0.2, 0.25) is 0 Å². The van der Waals surface area contributed by atoms with Crippen molar-refractivity contribution in [1.82, 2.24) is 0 Å². The molecule has 1 heterocycles. The average Bonchev–Trinajstić information content (AvgIpc) is 2.81. The van der Waals surface area contributed by atoms with E-state index in [4.69, 9.17) is 23.4 Å². The molecule has 6 nitrogen and oxygen atoms in total. The summed E-state index contributed by atoms with van der Waals surface area (Å²) in [6, 6.07) is 5.25. The summed E-state index contributed by atoms with van der Waals surface area (Å²) in [6.45, 7) is 7.86. The standard InChI is InChI=1S/C26H33BrO6/c1-5-8-13-30-20-12-11-17-21(28)18-16-19(27)24(29-4)26(32-15-10-7-3)23(18)33-22(17)25(20)31-14-9-6-2/h11-12,16H,5-10,13-15H2,1-4H3. The zero-order valence-corrected chi connectivity index (χ0v) is 21.5. The highest BCUT2D eigenvalue weighted by atomic mass is 79.9. The summed E-state index contributed by atoms with van der Waals surface area (Å²) in [5.74, 6) is 1.93. The molecule has 0 saturated carbocycles. The summed E-state index contributed by atoms with van der Waals surface area (Å²) in [5.41, 5.74) is 0.549. The van der Waals surface area contributed by atoms with Gasteiger partial charge in [-0.2, -0.15) is 0 Å². The molecule has 0 N–H and O–H groups in total. The van der Waals surface area contributed by atoms with Gasteiger partial charge in [0.1, 0.15) is 0 Å². The minimum atomic E-state index is -0.157. The van der Waals surface area contributed by atoms with Crippen LogP contribution in [0.1, 0.15) is 59.3 Å². The van der Waals surface area contributed by atoms with E-state index < -0.39 is 0 Å². The Labute approximate surface area is 203 Å². The van der Waals surface area contributed by atoms with Crippen LogP contribution < -0.4 is 24.4 Å². The number of halogens is 1. The molecule has 3 rings (SSSR count). The van der Waals surface area contributed by atoms with Gasteiger partial charge in [-0.05, 0) is 53.4 Å². The normalized spacial score (nSPS) is 11.2. The molecule has 7 heteroatoms. The molecular formula is C26H33BrO6. The largest absolute Gasteiger partial charge is 0.492 e. The third-order valence-corrected chi connectivity index (χ3v) is 5.95. The van der Waals surface area contributed by atoms with E-state index in [1.54, 1.807) is 25.3 Å². The summed E-state index contributed by atoms with van der Waals surface area (Å²) >= 11 is 3.51. The van der Waals surface area contributed by atoms with Gasteiger partial charge >= 0.3 is 0 Å². The molecule has 0 atom stereocenters. The molecule has 0 radical (unpaired) electrons. The fraction of sp³-hybridized carbons (Fsp3) is 0.500. The first kappa shape index (κ1) is 25.2. The Hall–Kier alpha value is -2.41. The van der Waals surface area contributed by atoms with E-state index in [1.165, 1.54) is 0 Å². The first-order valence-corrected chi connectivity index (χ1v) is 12.5. The molecule has 0 aliphatic heterocycles. The van der Waals surface area contributed by atoms with Crippen LogP contribution in [0.4, 0.5) is 0 Å². The van der Waals surface area contributed by atoms with Crippen molar-refractivity contribution in [2.45, 2.75) is 59.3 Å². The smallest absolute Gasteiger partial charge is 0.206 e. The van der Waals surface area contributed by atoms with Crippen molar-refractivity contribution < 1.29 is 23.4 Å². The molecule has 3 aromatic rings. The van der Waals surface area contributed by atoms with Crippen LogP contribution >= 0.6 is 15.9 Å². The minimum absolute atomic E-state index is 0.157. The lowest BCUT2D eigenvalue weighted by Gasteiger charge is -2.17. The Bertz CT molecular complexity index is 1140. The molecule has 33 heavy (non-hydrogen) atoms. The lowest BCUT2D eigenvalue weighted by Crippen LogP contribution is -2.08. The number of hydrogen-bond donors (Lipinski definition) is 0. The van der Waals surface area contributed by atoms with E-state index in [1.807, 2.05) is 0 Å². The van der Waals surface area contributed by atoms with Crippen molar-refractivity contribution in [3.8, 4) is 23.0 Å². The monoisotopic (exact) mass is 520 g/mol. The second kappa shape index (κ2) is 12.2. The average molecular weight is 521 g/mol. The fourth-order valence-electron chi connectivity index (χ4n) is 3.47. The summed E-state index contributed by atoms with van der Waals surface area (Å²) in [7, 11) is 1.57. The van der Waals surface area contributed by atoms with E-state index >= 15 is 0 Å². The van der Waals surface area contributed by atoms with Crippen LogP contribution in [-0.4, -0.2) is 26.9 Å². The second-order valence-corrected chi connectivity index (χ2v) is 8.76. The maximum absolute atomic E-state index is 13.5. The van der Waals surface area contributed by atoms with Gasteiger partial charge in [-0.1, -0.05) is 40.0 Å². The van der Waals surface area contributed by atoms with Crippen LogP contribution in [0.5, 0.6) is 23.0 Å². The SMILES string of the molecule is CCCCOc1ccc2c(=O)c3cc(Br)c(OC)c(OCCCC)c3oc2c1OCCCC. The first-order valence-electron chi connectivity index (χ1n) is 11.8. The Kier molecular flexibility index (Phi) is 9.30. The lowest BCUT2D eigenvalue weighted by atomic mass is 10.1. The molecule has 0 saturated heterocycles. The maximum Gasteiger partial charge on any atom is 0.206 e. The molecule has 0 fully saturated rings. The molecule has 1 aromatic heterocycles. The summed E-state index contributed by atoms with van der Waals surface area (Å²) in [4.78, 5) is 13.5. The fourth-order valence-corrected chi connectivity index (χ4v) is 4.04. The van der Waals surface area contributed by atoms with Crippen molar-refractivity contribution in [3.63, 3.8) is 0 Å². The van der Waals surface area contributed by atoms with Gasteiger partial charge in [0, 0.05) is 0 Å². The molecule has 0 unspecified atom stereocenters. The molecule has 0 bridgehead atoms.